The maximum Gasteiger partial charge on any atom is 0.0700 e. The molecule has 3 heteroatoms. The summed E-state index contributed by atoms with van der Waals surface area (Å²) in [7, 11) is 0. The quantitative estimate of drug-likeness (QED) is 0.423. The van der Waals surface area contributed by atoms with Gasteiger partial charge in [-0.05, 0) is 6.42 Å². The van der Waals surface area contributed by atoms with Gasteiger partial charge in [-0.2, -0.15) is 0 Å². The van der Waals surface area contributed by atoms with Gasteiger partial charge in [0.25, 0.3) is 0 Å². The van der Waals surface area contributed by atoms with E-state index >= 15 is 0 Å². The molecule has 3 nitrogen and oxygen atoms in total. The zero-order valence-electron chi connectivity index (χ0n) is 5.42. The Hall–Kier alpha value is -0.540. The van der Waals surface area contributed by atoms with Crippen LogP contribution in [0.2, 0.25) is 0 Å². The van der Waals surface area contributed by atoms with Gasteiger partial charge in [-0.1, -0.05) is 6.58 Å². The van der Waals surface area contributed by atoms with E-state index in [1.54, 1.807) is 11.2 Å². The van der Waals surface area contributed by atoms with Crippen molar-refractivity contribution >= 4 is 0 Å². The molecule has 1 atom stereocenters. The molecule has 2 N–H and O–H groups in total. The highest BCUT2D eigenvalue weighted by Gasteiger charge is 2.17. The summed E-state index contributed by atoms with van der Waals surface area (Å²) in [6.45, 7) is 5.11. The van der Waals surface area contributed by atoms with Crippen LogP contribution in [0.4, 0.5) is 0 Å². The average Bonchev–Trinajstić information content (AvgIpc) is 2.37. The van der Waals surface area contributed by atoms with E-state index in [-0.39, 0.29) is 0 Å². The fourth-order valence-electron chi connectivity index (χ4n) is 0.906. The number of nitrogens with two attached hydrogens (primary N) is 1. The van der Waals surface area contributed by atoms with Gasteiger partial charge in [0.1, 0.15) is 0 Å². The summed E-state index contributed by atoms with van der Waals surface area (Å²) in [5.41, 5.74) is 0. The Morgan fingerprint density at radius 3 is 3.00 bits per heavy atom. The highest BCUT2D eigenvalue weighted by atomic mass is 16.5. The van der Waals surface area contributed by atoms with E-state index in [0.717, 1.165) is 19.6 Å². The van der Waals surface area contributed by atoms with Crippen LogP contribution in [0.3, 0.4) is 0 Å². The van der Waals surface area contributed by atoms with E-state index in [9.17, 15) is 0 Å². The Balaban J connectivity index is 2.32. The average molecular weight is 128 g/mol. The van der Waals surface area contributed by atoms with Gasteiger partial charge in [-0.25, -0.2) is 5.84 Å². The van der Waals surface area contributed by atoms with Crippen LogP contribution in [-0.4, -0.2) is 24.3 Å². The smallest absolute Gasteiger partial charge is 0.0700 e. The lowest BCUT2D eigenvalue weighted by molar-refractivity contribution is 0.168. The predicted molar refractivity (Wildman–Crippen MR) is 35.4 cm³/mol. The number of hydrazine groups is 1. The standard InChI is InChI=1S/C6H12N2O/c1-2-8(7)6-3-4-9-5-6/h2,6H,1,3-5,7H2. The zero-order chi connectivity index (χ0) is 6.69. The Bertz CT molecular complexity index is 99.2. The molecule has 1 heterocycles. The molecular formula is C6H12N2O. The third-order valence-corrected chi connectivity index (χ3v) is 1.54. The first-order valence-electron chi connectivity index (χ1n) is 3.08. The molecule has 0 aromatic heterocycles. The van der Waals surface area contributed by atoms with Crippen LogP contribution in [0.5, 0.6) is 0 Å². The van der Waals surface area contributed by atoms with Crippen LogP contribution in [0, 0.1) is 0 Å². The molecule has 1 rings (SSSR count). The van der Waals surface area contributed by atoms with E-state index in [2.05, 4.69) is 6.58 Å². The summed E-state index contributed by atoms with van der Waals surface area (Å²) >= 11 is 0. The fourth-order valence-corrected chi connectivity index (χ4v) is 0.906. The summed E-state index contributed by atoms with van der Waals surface area (Å²) in [6.07, 6.45) is 2.64. The van der Waals surface area contributed by atoms with Crippen molar-refractivity contribution in [3.8, 4) is 0 Å². The van der Waals surface area contributed by atoms with Crippen molar-refractivity contribution in [2.45, 2.75) is 12.5 Å². The number of ether oxygens (including phenoxy) is 1. The summed E-state index contributed by atoms with van der Waals surface area (Å²) in [5.74, 6) is 5.51. The van der Waals surface area contributed by atoms with E-state index in [1.807, 2.05) is 0 Å². The van der Waals surface area contributed by atoms with Crippen molar-refractivity contribution < 1.29 is 4.74 Å². The van der Waals surface area contributed by atoms with Gasteiger partial charge in [0.2, 0.25) is 0 Å². The lowest BCUT2D eigenvalue weighted by atomic mass is 10.2. The van der Waals surface area contributed by atoms with Crippen LogP contribution in [-0.2, 0) is 4.74 Å². The Morgan fingerprint density at radius 1 is 1.78 bits per heavy atom. The van der Waals surface area contributed by atoms with E-state index in [1.165, 1.54) is 0 Å². The monoisotopic (exact) mass is 128 g/mol. The van der Waals surface area contributed by atoms with Gasteiger partial charge in [0, 0.05) is 12.8 Å². The molecule has 1 saturated heterocycles. The summed E-state index contributed by atoms with van der Waals surface area (Å²) in [6, 6.07) is 0.350. The maximum atomic E-state index is 5.51. The molecule has 52 valence electrons. The molecule has 0 bridgehead atoms. The van der Waals surface area contributed by atoms with E-state index < -0.39 is 0 Å². The van der Waals surface area contributed by atoms with Crippen molar-refractivity contribution in [3.63, 3.8) is 0 Å². The molecule has 1 fully saturated rings. The highest BCUT2D eigenvalue weighted by Crippen LogP contribution is 2.07. The number of hydrogen-bond acceptors (Lipinski definition) is 3. The van der Waals surface area contributed by atoms with E-state index in [4.69, 9.17) is 10.6 Å². The second kappa shape index (κ2) is 2.85. The zero-order valence-corrected chi connectivity index (χ0v) is 5.42. The number of hydrogen-bond donors (Lipinski definition) is 1. The summed E-state index contributed by atoms with van der Waals surface area (Å²) in [5, 5.41) is 1.60. The van der Waals surface area contributed by atoms with Gasteiger partial charge < -0.3 is 9.75 Å². The summed E-state index contributed by atoms with van der Waals surface area (Å²) in [4.78, 5) is 0. The minimum Gasteiger partial charge on any atom is -0.379 e. The first-order valence-corrected chi connectivity index (χ1v) is 3.08. The molecule has 0 radical (unpaired) electrons. The Morgan fingerprint density at radius 2 is 2.56 bits per heavy atom. The summed E-state index contributed by atoms with van der Waals surface area (Å²) < 4.78 is 5.11. The topological polar surface area (TPSA) is 38.5 Å². The normalized spacial score (nSPS) is 26.1. The molecule has 9 heavy (non-hydrogen) atoms. The third-order valence-electron chi connectivity index (χ3n) is 1.54. The van der Waals surface area contributed by atoms with E-state index in [0.29, 0.717) is 6.04 Å². The minimum atomic E-state index is 0.350. The second-order valence-electron chi connectivity index (χ2n) is 2.15. The molecule has 0 amide bonds. The molecule has 0 aromatic carbocycles. The van der Waals surface area contributed by atoms with Crippen molar-refractivity contribution in [2.75, 3.05) is 13.2 Å². The van der Waals surface area contributed by atoms with Gasteiger partial charge >= 0.3 is 0 Å². The molecule has 0 aliphatic carbocycles. The molecule has 1 aliphatic rings. The molecular weight excluding hydrogens is 116 g/mol. The molecule has 0 spiro atoms. The van der Waals surface area contributed by atoms with Crippen molar-refractivity contribution in [3.05, 3.63) is 12.8 Å². The first kappa shape index (κ1) is 6.58. The second-order valence-corrected chi connectivity index (χ2v) is 2.15. The molecule has 0 aromatic rings. The van der Waals surface area contributed by atoms with Crippen molar-refractivity contribution in [2.24, 2.45) is 5.84 Å². The molecule has 1 aliphatic heterocycles. The maximum absolute atomic E-state index is 5.51. The molecule has 0 saturated carbocycles. The Labute approximate surface area is 55.1 Å². The largest absolute Gasteiger partial charge is 0.379 e. The van der Waals surface area contributed by atoms with Gasteiger partial charge in [0.15, 0.2) is 0 Å². The lowest BCUT2D eigenvalue weighted by Crippen LogP contribution is -2.36. The SMILES string of the molecule is C=CN(N)C1CCOC1. The van der Waals surface area contributed by atoms with Crippen LogP contribution in [0.1, 0.15) is 6.42 Å². The van der Waals surface area contributed by atoms with Crippen LogP contribution >= 0.6 is 0 Å². The first-order chi connectivity index (χ1) is 4.34. The van der Waals surface area contributed by atoms with Crippen molar-refractivity contribution in [1.29, 1.82) is 0 Å². The van der Waals surface area contributed by atoms with Crippen LogP contribution in [0.15, 0.2) is 12.8 Å². The van der Waals surface area contributed by atoms with Crippen LogP contribution in [0.25, 0.3) is 0 Å². The van der Waals surface area contributed by atoms with Crippen LogP contribution < -0.4 is 5.84 Å². The van der Waals surface area contributed by atoms with Gasteiger partial charge in [-0.3, -0.25) is 0 Å². The number of rotatable bonds is 2. The van der Waals surface area contributed by atoms with Crippen molar-refractivity contribution in [1.82, 2.24) is 5.01 Å². The molecule has 1 unspecified atom stereocenters. The third kappa shape index (κ3) is 1.43. The lowest BCUT2D eigenvalue weighted by Gasteiger charge is -2.18. The number of nitrogens with zero attached hydrogens (tertiary/aromatic N) is 1. The fraction of sp³-hybridized carbons (Fsp3) is 0.667. The highest BCUT2D eigenvalue weighted by molar-refractivity contribution is 4.77. The van der Waals surface area contributed by atoms with Gasteiger partial charge in [0.05, 0.1) is 12.6 Å². The Kier molecular flexibility index (Phi) is 2.08. The predicted octanol–water partition coefficient (Wildman–Crippen LogP) is 0.0945. The van der Waals surface area contributed by atoms with Gasteiger partial charge in [-0.15, -0.1) is 0 Å². The minimum absolute atomic E-state index is 0.350.